The van der Waals surface area contributed by atoms with E-state index in [1.54, 1.807) is 14.0 Å². The minimum atomic E-state index is -4.68. The predicted octanol–water partition coefficient (Wildman–Crippen LogP) is 0.291. The molecule has 192 valence electrons. The molecule has 0 aliphatic carbocycles. The highest BCUT2D eigenvalue weighted by molar-refractivity contribution is 7.89. The van der Waals surface area contributed by atoms with Gasteiger partial charge >= 0.3 is 6.18 Å². The molecule has 4 rings (SSSR count). The molecule has 0 radical (unpaired) electrons. The van der Waals surface area contributed by atoms with Crippen molar-refractivity contribution >= 4 is 15.9 Å². The van der Waals surface area contributed by atoms with Crippen molar-refractivity contribution < 1.29 is 31.1 Å². The Kier molecular flexibility index (Phi) is 6.99. The first-order valence-electron chi connectivity index (χ1n) is 11.3. The molecule has 0 spiro atoms. The summed E-state index contributed by atoms with van der Waals surface area (Å²) in [6.45, 7) is 4.19. The quantitative estimate of drug-likeness (QED) is 0.624. The summed E-state index contributed by atoms with van der Waals surface area (Å²) in [6, 6.07) is -2.19. The van der Waals surface area contributed by atoms with Gasteiger partial charge in [-0.25, -0.2) is 13.4 Å². The maximum Gasteiger partial charge on any atom is 0.405 e. The third-order valence-electron chi connectivity index (χ3n) is 6.99. The number of rotatable bonds is 4. The number of aromatic nitrogens is 2. The molecule has 0 saturated carbocycles. The summed E-state index contributed by atoms with van der Waals surface area (Å²) in [5, 5.41) is 2.44. The number of sulfonamides is 1. The zero-order chi connectivity index (χ0) is 24.8. The van der Waals surface area contributed by atoms with Gasteiger partial charge < -0.3 is 14.6 Å². The van der Waals surface area contributed by atoms with Crippen molar-refractivity contribution in [2.24, 2.45) is 7.05 Å². The molecule has 0 bridgehead atoms. The third-order valence-corrected chi connectivity index (χ3v) is 8.72. The molecule has 1 aromatic rings. The average Bonchev–Trinajstić information content (AvgIpc) is 3.11. The highest BCUT2D eigenvalue weighted by atomic mass is 32.2. The zero-order valence-corrected chi connectivity index (χ0v) is 20.3. The SMILES string of the molecule is Cc1nc(S(=O)(=O)N2CCN(C3CC(N4CCOC[C@H]4C)CC(=O)N3)C(C(F)(F)F)C2)cn1C. The van der Waals surface area contributed by atoms with Gasteiger partial charge in [0.2, 0.25) is 5.91 Å². The average molecular weight is 509 g/mol. The lowest BCUT2D eigenvalue weighted by Crippen LogP contribution is -2.68. The molecule has 14 heteroatoms. The maximum absolute atomic E-state index is 14.2. The van der Waals surface area contributed by atoms with Gasteiger partial charge in [-0.2, -0.15) is 17.5 Å². The number of ether oxygens (including phenoxy) is 1. The number of amides is 1. The molecule has 3 aliphatic heterocycles. The second-order valence-corrected chi connectivity index (χ2v) is 11.1. The van der Waals surface area contributed by atoms with Crippen molar-refractivity contribution in [3.8, 4) is 0 Å². The molecule has 3 fully saturated rings. The lowest BCUT2D eigenvalue weighted by molar-refractivity contribution is -0.203. The van der Waals surface area contributed by atoms with Gasteiger partial charge in [-0.15, -0.1) is 0 Å². The Balaban J connectivity index is 1.55. The van der Waals surface area contributed by atoms with Crippen LogP contribution < -0.4 is 5.32 Å². The fourth-order valence-corrected chi connectivity index (χ4v) is 6.51. The molecule has 4 atom stereocenters. The Hall–Kier alpha value is -1.74. The maximum atomic E-state index is 14.2. The van der Waals surface area contributed by atoms with Crippen LogP contribution in [0.1, 0.15) is 25.6 Å². The number of nitrogens with zero attached hydrogens (tertiary/aromatic N) is 5. The van der Waals surface area contributed by atoms with Crippen LogP contribution in [0.15, 0.2) is 11.2 Å². The van der Waals surface area contributed by atoms with Gasteiger partial charge in [0.05, 0.1) is 19.4 Å². The molecule has 34 heavy (non-hydrogen) atoms. The van der Waals surface area contributed by atoms with Gasteiger partial charge in [-0.05, 0) is 20.3 Å². The Bertz CT molecular complexity index is 997. The van der Waals surface area contributed by atoms with E-state index >= 15 is 0 Å². The monoisotopic (exact) mass is 508 g/mol. The summed E-state index contributed by atoms with van der Waals surface area (Å²) in [6.07, 6.45) is -3.68. The van der Waals surface area contributed by atoms with Gasteiger partial charge in [0.1, 0.15) is 11.9 Å². The first-order chi connectivity index (χ1) is 15.9. The van der Waals surface area contributed by atoms with Gasteiger partial charge in [-0.1, -0.05) is 0 Å². The minimum Gasteiger partial charge on any atom is -0.379 e. The van der Waals surface area contributed by atoms with Crippen molar-refractivity contribution in [1.29, 1.82) is 0 Å². The highest BCUT2D eigenvalue weighted by Gasteiger charge is 2.52. The van der Waals surface area contributed by atoms with Crippen LogP contribution in [-0.4, -0.2) is 108 Å². The van der Waals surface area contributed by atoms with E-state index in [4.69, 9.17) is 4.74 Å². The van der Waals surface area contributed by atoms with Crippen molar-refractivity contribution in [2.75, 3.05) is 39.4 Å². The topological polar surface area (TPSA) is 100 Å². The second-order valence-electron chi connectivity index (χ2n) is 9.23. The van der Waals surface area contributed by atoms with Crippen molar-refractivity contribution in [1.82, 2.24) is 29.0 Å². The molecule has 0 aromatic carbocycles. The number of carbonyl (C=O) groups excluding carboxylic acids is 1. The number of piperidine rings is 1. The van der Waals surface area contributed by atoms with E-state index in [-0.39, 0.29) is 42.5 Å². The van der Waals surface area contributed by atoms with Gasteiger partial charge in [0.15, 0.2) is 5.03 Å². The largest absolute Gasteiger partial charge is 0.405 e. The lowest BCUT2D eigenvalue weighted by atomic mass is 9.97. The Morgan fingerprint density at radius 2 is 1.94 bits per heavy atom. The van der Waals surface area contributed by atoms with Crippen molar-refractivity contribution in [3.63, 3.8) is 0 Å². The molecule has 1 aromatic heterocycles. The molecule has 3 unspecified atom stereocenters. The Morgan fingerprint density at radius 1 is 1.21 bits per heavy atom. The predicted molar refractivity (Wildman–Crippen MR) is 115 cm³/mol. The highest BCUT2D eigenvalue weighted by Crippen LogP contribution is 2.33. The number of halogens is 3. The molecule has 3 aliphatic rings. The standard InChI is InChI=1S/C20H31F3N6O4S/c1-13-12-33-7-6-28(13)15-8-17(25-18(30)9-15)29-5-4-27(10-16(29)20(21,22)23)34(31,32)19-11-26(3)14(2)24-19/h11,13,15-17H,4-10,12H2,1-3H3,(H,25,30)/t13-,15?,16?,17?/m1/s1. The summed E-state index contributed by atoms with van der Waals surface area (Å²) in [5.74, 6) is 0.137. The number of morpholine rings is 1. The number of alkyl halides is 3. The van der Waals surface area contributed by atoms with E-state index in [0.717, 1.165) is 4.31 Å². The minimum absolute atomic E-state index is 0.0625. The number of hydrogen-bond donors (Lipinski definition) is 1. The number of carbonyl (C=O) groups is 1. The number of nitrogens with one attached hydrogen (secondary N) is 1. The van der Waals surface area contributed by atoms with Crippen LogP contribution >= 0.6 is 0 Å². The summed E-state index contributed by atoms with van der Waals surface area (Å²) in [7, 11) is -2.57. The Labute approximate surface area is 197 Å². The molecular weight excluding hydrogens is 477 g/mol. The van der Waals surface area contributed by atoms with E-state index in [2.05, 4.69) is 15.2 Å². The third kappa shape index (κ3) is 4.96. The van der Waals surface area contributed by atoms with Crippen molar-refractivity contribution in [2.45, 2.75) is 62.2 Å². The van der Waals surface area contributed by atoms with Crippen LogP contribution in [0.25, 0.3) is 0 Å². The number of piperazine rings is 1. The molecule has 4 heterocycles. The lowest BCUT2D eigenvalue weighted by Gasteiger charge is -2.49. The molecule has 1 N–H and O–H groups in total. The first kappa shape index (κ1) is 25.4. The van der Waals surface area contributed by atoms with Crippen LogP contribution in [-0.2, 0) is 26.6 Å². The van der Waals surface area contributed by atoms with E-state index in [1.807, 2.05) is 6.92 Å². The van der Waals surface area contributed by atoms with Crippen LogP contribution in [0.5, 0.6) is 0 Å². The Morgan fingerprint density at radius 3 is 2.56 bits per heavy atom. The van der Waals surface area contributed by atoms with Crippen LogP contribution in [0.4, 0.5) is 13.2 Å². The van der Waals surface area contributed by atoms with Gasteiger partial charge in [0, 0.05) is 57.9 Å². The normalized spacial score (nSPS) is 30.9. The van der Waals surface area contributed by atoms with Crippen molar-refractivity contribution in [3.05, 3.63) is 12.0 Å². The first-order valence-corrected chi connectivity index (χ1v) is 12.8. The van der Waals surface area contributed by atoms with E-state index in [9.17, 15) is 26.4 Å². The van der Waals surface area contributed by atoms with Crippen LogP contribution in [0, 0.1) is 6.92 Å². The van der Waals surface area contributed by atoms with E-state index < -0.39 is 35.0 Å². The van der Waals surface area contributed by atoms with Crippen LogP contribution in [0.2, 0.25) is 0 Å². The number of aryl methyl sites for hydroxylation is 2. The fourth-order valence-electron chi connectivity index (χ4n) is 5.05. The summed E-state index contributed by atoms with van der Waals surface area (Å²) >= 11 is 0. The number of imidazole rings is 1. The van der Waals surface area contributed by atoms with Crippen LogP contribution in [0.3, 0.4) is 0 Å². The fraction of sp³-hybridized carbons (Fsp3) is 0.800. The van der Waals surface area contributed by atoms with Gasteiger partial charge in [0.25, 0.3) is 10.0 Å². The smallest absolute Gasteiger partial charge is 0.379 e. The van der Waals surface area contributed by atoms with Gasteiger partial charge in [-0.3, -0.25) is 14.6 Å². The van der Waals surface area contributed by atoms with E-state index in [0.29, 0.717) is 32.0 Å². The zero-order valence-electron chi connectivity index (χ0n) is 19.5. The molecule has 3 saturated heterocycles. The molecular formula is C20H31F3N6O4S. The molecule has 10 nitrogen and oxygen atoms in total. The van der Waals surface area contributed by atoms with E-state index in [1.165, 1.54) is 15.7 Å². The number of hydrogen-bond acceptors (Lipinski definition) is 7. The summed E-state index contributed by atoms with van der Waals surface area (Å²) in [5.41, 5.74) is 0. The second kappa shape index (κ2) is 9.37. The summed E-state index contributed by atoms with van der Waals surface area (Å²) in [4.78, 5) is 19.8. The molecule has 1 amide bonds. The summed E-state index contributed by atoms with van der Waals surface area (Å²) < 4.78 is 76.4.